The predicted octanol–water partition coefficient (Wildman–Crippen LogP) is 3.63. The van der Waals surface area contributed by atoms with Crippen molar-refractivity contribution in [1.82, 2.24) is 10.4 Å². The van der Waals surface area contributed by atoms with Crippen molar-refractivity contribution in [3.8, 4) is 5.75 Å². The average Bonchev–Trinajstić information content (AvgIpc) is 2.67. The smallest absolute Gasteiger partial charge is 0.311 e. The van der Waals surface area contributed by atoms with Gasteiger partial charge in [0, 0.05) is 17.0 Å². The molecule has 8 nitrogen and oxygen atoms in total. The Morgan fingerprint density at radius 2 is 2.11 bits per heavy atom. The molecule has 1 N–H and O–H groups in total. The Bertz CT molecular complexity index is 1080. The molecular formula is C19H15ClN4O4. The van der Waals surface area contributed by atoms with Crippen molar-refractivity contribution in [1.29, 1.82) is 0 Å². The second-order valence-electron chi connectivity index (χ2n) is 5.87. The third-order valence-corrected chi connectivity index (χ3v) is 4.07. The number of nitro groups is 1. The highest BCUT2D eigenvalue weighted by Crippen LogP contribution is 2.27. The number of nitrogens with zero attached hydrogens (tertiary/aromatic N) is 3. The summed E-state index contributed by atoms with van der Waals surface area (Å²) in [6.07, 6.45) is 1.37. The molecule has 0 radical (unpaired) electrons. The van der Waals surface area contributed by atoms with E-state index >= 15 is 0 Å². The predicted molar refractivity (Wildman–Crippen MR) is 106 cm³/mol. The van der Waals surface area contributed by atoms with E-state index in [4.69, 9.17) is 16.3 Å². The van der Waals surface area contributed by atoms with E-state index in [1.807, 2.05) is 24.3 Å². The number of aryl methyl sites for hydroxylation is 1. The second-order valence-corrected chi connectivity index (χ2v) is 6.23. The standard InChI is InChI=1S/C19H15ClN4O4/c1-12-6-7-17(16(8-12)24(26)27)28-11-18(25)23-21-10-14-9-13-4-2-3-5-15(13)22-19(14)20/h2-10H,11H2,1H3,(H,23,25). The van der Waals surface area contributed by atoms with Crippen LogP contribution in [-0.4, -0.2) is 28.6 Å². The van der Waals surface area contributed by atoms with Gasteiger partial charge in [0.05, 0.1) is 16.7 Å². The maximum Gasteiger partial charge on any atom is 0.311 e. The molecule has 0 saturated heterocycles. The Kier molecular flexibility index (Phi) is 5.81. The number of para-hydroxylation sites is 1. The molecule has 1 amide bonds. The molecule has 0 bridgehead atoms. The zero-order chi connectivity index (χ0) is 20.1. The van der Waals surface area contributed by atoms with Crippen molar-refractivity contribution in [3.05, 3.63) is 74.9 Å². The Labute approximate surface area is 164 Å². The summed E-state index contributed by atoms with van der Waals surface area (Å²) < 4.78 is 5.23. The largest absolute Gasteiger partial charge is 0.477 e. The van der Waals surface area contributed by atoms with Crippen LogP contribution in [-0.2, 0) is 4.79 Å². The zero-order valence-electron chi connectivity index (χ0n) is 14.8. The SMILES string of the molecule is Cc1ccc(OCC(=O)NN=Cc2cc3ccccc3nc2Cl)c([N+](=O)[O-])c1. The van der Waals surface area contributed by atoms with Crippen LogP contribution in [0.15, 0.2) is 53.6 Å². The summed E-state index contributed by atoms with van der Waals surface area (Å²) >= 11 is 6.12. The maximum absolute atomic E-state index is 11.9. The summed E-state index contributed by atoms with van der Waals surface area (Å²) in [6, 6.07) is 13.7. The molecule has 0 fully saturated rings. The van der Waals surface area contributed by atoms with Gasteiger partial charge in [-0.2, -0.15) is 5.10 Å². The van der Waals surface area contributed by atoms with E-state index < -0.39 is 17.4 Å². The zero-order valence-corrected chi connectivity index (χ0v) is 15.5. The van der Waals surface area contributed by atoms with Crippen LogP contribution in [0.4, 0.5) is 5.69 Å². The average molecular weight is 399 g/mol. The summed E-state index contributed by atoms with van der Waals surface area (Å²) in [6.45, 7) is 1.30. The monoisotopic (exact) mass is 398 g/mol. The number of hydrogen-bond acceptors (Lipinski definition) is 6. The number of halogens is 1. The lowest BCUT2D eigenvalue weighted by atomic mass is 10.2. The quantitative estimate of drug-likeness (QED) is 0.295. The molecule has 28 heavy (non-hydrogen) atoms. The van der Waals surface area contributed by atoms with Crippen LogP contribution in [0.2, 0.25) is 5.15 Å². The first-order valence-electron chi connectivity index (χ1n) is 8.19. The van der Waals surface area contributed by atoms with Gasteiger partial charge in [-0.3, -0.25) is 14.9 Å². The van der Waals surface area contributed by atoms with Crippen molar-refractivity contribution < 1.29 is 14.5 Å². The number of aromatic nitrogens is 1. The molecule has 9 heteroatoms. The number of amides is 1. The lowest BCUT2D eigenvalue weighted by molar-refractivity contribution is -0.385. The molecule has 0 saturated carbocycles. The molecule has 0 unspecified atom stereocenters. The molecular weight excluding hydrogens is 384 g/mol. The third kappa shape index (κ3) is 4.60. The molecule has 0 atom stereocenters. The van der Waals surface area contributed by atoms with E-state index in [0.717, 1.165) is 10.9 Å². The van der Waals surface area contributed by atoms with Gasteiger partial charge in [0.15, 0.2) is 12.4 Å². The first kappa shape index (κ1) is 19.2. The molecule has 1 aromatic heterocycles. The fourth-order valence-electron chi connectivity index (χ4n) is 2.44. The molecule has 0 spiro atoms. The molecule has 2 aromatic carbocycles. The number of nitro benzene ring substituents is 1. The summed E-state index contributed by atoms with van der Waals surface area (Å²) in [5.74, 6) is -0.563. The fourth-order valence-corrected chi connectivity index (χ4v) is 2.64. The van der Waals surface area contributed by atoms with Crippen molar-refractivity contribution in [2.75, 3.05) is 6.61 Å². The van der Waals surface area contributed by atoms with Crippen LogP contribution < -0.4 is 10.2 Å². The van der Waals surface area contributed by atoms with Crippen molar-refractivity contribution >= 4 is 40.3 Å². The van der Waals surface area contributed by atoms with Crippen LogP contribution in [0.3, 0.4) is 0 Å². The number of benzene rings is 2. The third-order valence-electron chi connectivity index (χ3n) is 3.77. The van der Waals surface area contributed by atoms with Gasteiger partial charge >= 0.3 is 5.69 Å². The van der Waals surface area contributed by atoms with Gasteiger partial charge in [-0.15, -0.1) is 0 Å². The first-order chi connectivity index (χ1) is 13.4. The normalized spacial score (nSPS) is 10.9. The van der Waals surface area contributed by atoms with Gasteiger partial charge in [0.1, 0.15) is 5.15 Å². The molecule has 0 aliphatic carbocycles. The van der Waals surface area contributed by atoms with Gasteiger partial charge in [-0.1, -0.05) is 35.9 Å². The highest BCUT2D eigenvalue weighted by Gasteiger charge is 2.16. The number of nitrogens with one attached hydrogen (secondary N) is 1. The van der Waals surface area contributed by atoms with Crippen LogP contribution in [0.5, 0.6) is 5.75 Å². The summed E-state index contributed by atoms with van der Waals surface area (Å²) in [5.41, 5.74) is 4.09. The highest BCUT2D eigenvalue weighted by atomic mass is 35.5. The van der Waals surface area contributed by atoms with Gasteiger partial charge in [0.25, 0.3) is 5.91 Å². The van der Waals surface area contributed by atoms with Gasteiger partial charge in [-0.25, -0.2) is 10.4 Å². The maximum atomic E-state index is 11.9. The van der Waals surface area contributed by atoms with Crippen molar-refractivity contribution in [2.24, 2.45) is 5.10 Å². The number of pyridine rings is 1. The van der Waals surface area contributed by atoms with Crippen molar-refractivity contribution in [3.63, 3.8) is 0 Å². The number of ether oxygens (including phenoxy) is 1. The number of hydrogen-bond donors (Lipinski definition) is 1. The minimum atomic E-state index is -0.573. The molecule has 0 aliphatic rings. The second kappa shape index (κ2) is 8.45. The Balaban J connectivity index is 1.62. The molecule has 142 valence electrons. The molecule has 3 aromatic rings. The van der Waals surface area contributed by atoms with Crippen molar-refractivity contribution in [2.45, 2.75) is 6.92 Å². The minimum absolute atomic E-state index is 0.0107. The van der Waals surface area contributed by atoms with Crippen LogP contribution >= 0.6 is 11.6 Å². The number of fused-ring (bicyclic) bond motifs is 1. The Morgan fingerprint density at radius 1 is 1.32 bits per heavy atom. The fraction of sp³-hybridized carbons (Fsp3) is 0.105. The summed E-state index contributed by atoms with van der Waals surface area (Å²) in [5, 5.41) is 16.0. The lowest BCUT2D eigenvalue weighted by Gasteiger charge is -2.06. The Morgan fingerprint density at radius 3 is 2.89 bits per heavy atom. The number of carbonyl (C=O) groups excluding carboxylic acids is 1. The van der Waals surface area contributed by atoms with E-state index in [9.17, 15) is 14.9 Å². The van der Waals surface area contributed by atoms with E-state index in [2.05, 4.69) is 15.5 Å². The van der Waals surface area contributed by atoms with E-state index in [1.54, 1.807) is 19.1 Å². The molecule has 3 rings (SSSR count). The van der Waals surface area contributed by atoms with E-state index in [0.29, 0.717) is 11.1 Å². The van der Waals surface area contributed by atoms with Gasteiger partial charge in [-0.05, 0) is 30.7 Å². The van der Waals surface area contributed by atoms with E-state index in [-0.39, 0.29) is 16.6 Å². The number of rotatable bonds is 6. The molecule has 1 heterocycles. The lowest BCUT2D eigenvalue weighted by Crippen LogP contribution is -2.24. The first-order valence-corrected chi connectivity index (χ1v) is 8.57. The van der Waals surface area contributed by atoms with Crippen LogP contribution in [0, 0.1) is 17.0 Å². The summed E-state index contributed by atoms with van der Waals surface area (Å²) in [4.78, 5) is 26.6. The van der Waals surface area contributed by atoms with Gasteiger partial charge < -0.3 is 4.74 Å². The number of hydrazone groups is 1. The highest BCUT2D eigenvalue weighted by molar-refractivity contribution is 6.32. The Hall–Kier alpha value is -3.52. The topological polar surface area (TPSA) is 107 Å². The minimum Gasteiger partial charge on any atom is -0.477 e. The van der Waals surface area contributed by atoms with Gasteiger partial charge in [0.2, 0.25) is 0 Å². The van der Waals surface area contributed by atoms with Crippen LogP contribution in [0.25, 0.3) is 10.9 Å². The number of carbonyl (C=O) groups is 1. The van der Waals surface area contributed by atoms with Crippen LogP contribution in [0.1, 0.15) is 11.1 Å². The summed E-state index contributed by atoms with van der Waals surface area (Å²) in [7, 11) is 0. The molecule has 0 aliphatic heterocycles. The van der Waals surface area contributed by atoms with E-state index in [1.165, 1.54) is 18.3 Å².